The largest absolute Gasteiger partial charge is 0.396 e. The molecule has 7 nitrogen and oxygen atoms in total. The lowest BCUT2D eigenvalue weighted by molar-refractivity contribution is -0.385. The number of benzene rings is 1. The average molecular weight is 307 g/mol. The maximum atomic E-state index is 12.2. The fraction of sp³-hybridized carbons (Fsp3) is 0.533. The van der Waals surface area contributed by atoms with E-state index in [4.69, 9.17) is 5.11 Å². The van der Waals surface area contributed by atoms with Gasteiger partial charge < -0.3 is 15.3 Å². The number of urea groups is 1. The normalized spacial score (nSPS) is 15.1. The molecule has 7 heteroatoms. The van der Waals surface area contributed by atoms with Gasteiger partial charge in [-0.05, 0) is 31.7 Å². The molecule has 0 aromatic heterocycles. The Morgan fingerprint density at radius 2 is 2.32 bits per heavy atom. The van der Waals surface area contributed by atoms with Crippen molar-refractivity contribution >= 4 is 11.7 Å². The number of nitro groups is 1. The first-order chi connectivity index (χ1) is 10.5. The van der Waals surface area contributed by atoms with Crippen molar-refractivity contribution in [2.45, 2.75) is 38.8 Å². The van der Waals surface area contributed by atoms with Crippen LogP contribution in [0.2, 0.25) is 0 Å². The van der Waals surface area contributed by atoms with E-state index in [0.29, 0.717) is 25.9 Å². The van der Waals surface area contributed by atoms with Crippen molar-refractivity contribution in [1.82, 2.24) is 10.2 Å². The number of hydrogen-bond acceptors (Lipinski definition) is 4. The summed E-state index contributed by atoms with van der Waals surface area (Å²) >= 11 is 0. The predicted octanol–water partition coefficient (Wildman–Crippen LogP) is 1.82. The fourth-order valence-electron chi connectivity index (χ4n) is 2.71. The van der Waals surface area contributed by atoms with Crippen molar-refractivity contribution in [2.75, 3.05) is 13.2 Å². The number of carbonyl (C=O) groups excluding carboxylic acids is 1. The van der Waals surface area contributed by atoms with E-state index in [9.17, 15) is 14.9 Å². The molecule has 1 heterocycles. The number of hydrogen-bond donors (Lipinski definition) is 2. The van der Waals surface area contributed by atoms with Crippen LogP contribution in [0.5, 0.6) is 0 Å². The number of nitro benzene ring substituents is 1. The second-order valence-corrected chi connectivity index (χ2v) is 5.56. The van der Waals surface area contributed by atoms with E-state index < -0.39 is 0 Å². The van der Waals surface area contributed by atoms with Crippen LogP contribution in [-0.2, 0) is 13.0 Å². The minimum absolute atomic E-state index is 0.00819. The highest BCUT2D eigenvalue weighted by Gasteiger charge is 2.26. The van der Waals surface area contributed by atoms with Crippen LogP contribution in [-0.4, -0.2) is 40.2 Å². The van der Waals surface area contributed by atoms with Crippen LogP contribution in [0.15, 0.2) is 18.2 Å². The van der Waals surface area contributed by atoms with E-state index in [1.807, 2.05) is 13.0 Å². The maximum Gasteiger partial charge on any atom is 0.317 e. The molecule has 1 aliphatic heterocycles. The predicted molar refractivity (Wildman–Crippen MR) is 81.5 cm³/mol. The molecule has 1 unspecified atom stereocenters. The molecule has 1 atom stereocenters. The molecular formula is C15H21N3O4. The Morgan fingerprint density at radius 1 is 1.55 bits per heavy atom. The molecule has 0 saturated heterocycles. The third kappa shape index (κ3) is 3.73. The smallest absolute Gasteiger partial charge is 0.317 e. The third-order valence-electron chi connectivity index (χ3n) is 3.89. The fourth-order valence-corrected chi connectivity index (χ4v) is 2.71. The van der Waals surface area contributed by atoms with E-state index in [2.05, 4.69) is 5.32 Å². The first kappa shape index (κ1) is 16.2. The molecule has 1 aromatic carbocycles. The number of nitrogens with zero attached hydrogens (tertiary/aromatic N) is 2. The minimum Gasteiger partial charge on any atom is -0.396 e. The lowest BCUT2D eigenvalue weighted by Crippen LogP contribution is -2.46. The molecule has 2 amide bonds. The number of fused-ring (bicyclic) bond motifs is 1. The number of rotatable bonds is 5. The van der Waals surface area contributed by atoms with Gasteiger partial charge in [-0.2, -0.15) is 0 Å². The highest BCUT2D eigenvalue weighted by Crippen LogP contribution is 2.27. The van der Waals surface area contributed by atoms with E-state index >= 15 is 0 Å². The standard InChI is InChI=1S/C15H21N3O4/c1-11(4-3-9-19)16-15(20)17-8-7-13-12(10-17)5-2-6-14(13)18(21)22/h2,5-6,11,19H,3-4,7-10H2,1H3,(H,16,20). The van der Waals surface area contributed by atoms with Gasteiger partial charge in [-0.25, -0.2) is 4.79 Å². The van der Waals surface area contributed by atoms with Crippen LogP contribution >= 0.6 is 0 Å². The van der Waals surface area contributed by atoms with E-state index in [1.165, 1.54) is 6.07 Å². The highest BCUT2D eigenvalue weighted by molar-refractivity contribution is 5.75. The number of aliphatic hydroxyl groups excluding tert-OH is 1. The van der Waals surface area contributed by atoms with Gasteiger partial charge in [0.15, 0.2) is 0 Å². The zero-order valence-corrected chi connectivity index (χ0v) is 12.6. The van der Waals surface area contributed by atoms with Gasteiger partial charge in [0.05, 0.1) is 4.92 Å². The molecule has 22 heavy (non-hydrogen) atoms. The molecule has 0 bridgehead atoms. The lowest BCUT2D eigenvalue weighted by Gasteiger charge is -2.30. The topological polar surface area (TPSA) is 95.7 Å². The van der Waals surface area contributed by atoms with Crippen molar-refractivity contribution in [3.63, 3.8) is 0 Å². The van der Waals surface area contributed by atoms with Crippen LogP contribution < -0.4 is 5.32 Å². The molecule has 0 spiro atoms. The Hall–Kier alpha value is -2.15. The van der Waals surface area contributed by atoms with Crippen molar-refractivity contribution in [2.24, 2.45) is 0 Å². The van der Waals surface area contributed by atoms with Crippen molar-refractivity contribution in [3.05, 3.63) is 39.4 Å². The first-order valence-electron chi connectivity index (χ1n) is 7.44. The molecule has 0 aliphatic carbocycles. The van der Waals surface area contributed by atoms with E-state index in [1.54, 1.807) is 11.0 Å². The molecule has 120 valence electrons. The quantitative estimate of drug-likeness (QED) is 0.640. The van der Waals surface area contributed by atoms with Gasteiger partial charge >= 0.3 is 6.03 Å². The molecule has 2 rings (SSSR count). The molecule has 1 aliphatic rings. The Bertz CT molecular complexity index is 562. The van der Waals surface area contributed by atoms with Crippen LogP contribution in [0.4, 0.5) is 10.5 Å². The summed E-state index contributed by atoms with van der Waals surface area (Å²) in [6, 6.07) is 4.82. The van der Waals surface area contributed by atoms with E-state index in [-0.39, 0.29) is 29.3 Å². The van der Waals surface area contributed by atoms with Gasteiger partial charge in [-0.15, -0.1) is 0 Å². The maximum absolute atomic E-state index is 12.2. The van der Waals surface area contributed by atoms with Crippen LogP contribution in [0.25, 0.3) is 0 Å². The van der Waals surface area contributed by atoms with Crippen LogP contribution in [0.1, 0.15) is 30.9 Å². The summed E-state index contributed by atoms with van der Waals surface area (Å²) in [6.45, 7) is 2.86. The monoisotopic (exact) mass is 307 g/mol. The number of nitrogens with one attached hydrogen (secondary N) is 1. The van der Waals surface area contributed by atoms with Gasteiger partial charge in [0, 0.05) is 37.4 Å². The van der Waals surface area contributed by atoms with Crippen LogP contribution in [0, 0.1) is 10.1 Å². The summed E-state index contributed by atoms with van der Waals surface area (Å²) in [5.41, 5.74) is 1.69. The molecule has 2 N–H and O–H groups in total. The summed E-state index contributed by atoms with van der Waals surface area (Å²) in [4.78, 5) is 24.5. The van der Waals surface area contributed by atoms with Gasteiger partial charge in [-0.1, -0.05) is 12.1 Å². The Kier molecular flexibility index (Phi) is 5.32. The Morgan fingerprint density at radius 3 is 3.00 bits per heavy atom. The average Bonchev–Trinajstić information content (AvgIpc) is 2.51. The Labute approximate surface area is 129 Å². The van der Waals surface area contributed by atoms with E-state index in [0.717, 1.165) is 17.5 Å². The van der Waals surface area contributed by atoms with Crippen molar-refractivity contribution in [1.29, 1.82) is 0 Å². The second-order valence-electron chi connectivity index (χ2n) is 5.56. The summed E-state index contributed by atoms with van der Waals surface area (Å²) in [5.74, 6) is 0. The third-order valence-corrected chi connectivity index (χ3v) is 3.89. The number of carbonyl (C=O) groups is 1. The molecule has 0 saturated carbocycles. The lowest BCUT2D eigenvalue weighted by atomic mass is 9.98. The second kappa shape index (κ2) is 7.22. The van der Waals surface area contributed by atoms with Crippen molar-refractivity contribution < 1.29 is 14.8 Å². The van der Waals surface area contributed by atoms with Crippen molar-refractivity contribution in [3.8, 4) is 0 Å². The highest BCUT2D eigenvalue weighted by atomic mass is 16.6. The van der Waals surface area contributed by atoms with Gasteiger partial charge in [0.1, 0.15) is 0 Å². The summed E-state index contributed by atoms with van der Waals surface area (Å²) in [5, 5.41) is 22.7. The number of aliphatic hydroxyl groups is 1. The number of amides is 2. The SMILES string of the molecule is CC(CCCO)NC(=O)N1CCc2c(cccc2[N+](=O)[O-])C1. The van der Waals surface area contributed by atoms with Crippen LogP contribution in [0.3, 0.4) is 0 Å². The molecule has 0 radical (unpaired) electrons. The molecular weight excluding hydrogens is 286 g/mol. The van der Waals surface area contributed by atoms with Gasteiger partial charge in [0.2, 0.25) is 0 Å². The summed E-state index contributed by atoms with van der Waals surface area (Å²) in [7, 11) is 0. The zero-order chi connectivity index (χ0) is 16.1. The molecule has 1 aromatic rings. The minimum atomic E-state index is -0.370. The summed E-state index contributed by atoms with van der Waals surface area (Å²) in [6.07, 6.45) is 1.86. The summed E-state index contributed by atoms with van der Waals surface area (Å²) < 4.78 is 0. The van der Waals surface area contributed by atoms with Gasteiger partial charge in [-0.3, -0.25) is 10.1 Å². The first-order valence-corrected chi connectivity index (χ1v) is 7.44. The zero-order valence-electron chi connectivity index (χ0n) is 12.6. The van der Waals surface area contributed by atoms with Gasteiger partial charge in [0.25, 0.3) is 5.69 Å². The molecule has 0 fully saturated rings. The Balaban J connectivity index is 2.01.